The first-order valence-corrected chi connectivity index (χ1v) is 10.7. The van der Waals surface area contributed by atoms with Crippen molar-refractivity contribution in [2.75, 3.05) is 18.1 Å². The highest BCUT2D eigenvalue weighted by molar-refractivity contribution is 5.94. The van der Waals surface area contributed by atoms with Gasteiger partial charge in [0.2, 0.25) is 5.91 Å². The number of amides is 1. The number of allylic oxidation sites excluding steroid dienone is 1. The monoisotopic (exact) mass is 448 g/mol. The molecule has 0 unspecified atom stereocenters. The Kier molecular flexibility index (Phi) is 6.58. The Morgan fingerprint density at radius 1 is 1.18 bits per heavy atom. The molecule has 1 aliphatic heterocycles. The Hall–Kier alpha value is -3.88. The van der Waals surface area contributed by atoms with Gasteiger partial charge in [0.15, 0.2) is 5.82 Å². The number of aromatic nitrogens is 3. The number of piperidine rings is 1. The van der Waals surface area contributed by atoms with Crippen molar-refractivity contribution in [3.05, 3.63) is 71.9 Å². The third-order valence-corrected chi connectivity index (χ3v) is 5.81. The average molecular weight is 449 g/mol. The third kappa shape index (κ3) is 4.67. The number of para-hydroxylation sites is 1. The van der Waals surface area contributed by atoms with Crippen LogP contribution in [0.2, 0.25) is 0 Å². The summed E-state index contributed by atoms with van der Waals surface area (Å²) in [5, 5.41) is 9.73. The van der Waals surface area contributed by atoms with E-state index in [1.165, 1.54) is 11.1 Å². The molecule has 2 aromatic heterocycles. The van der Waals surface area contributed by atoms with Crippen LogP contribution in [0.5, 0.6) is 0 Å². The molecule has 8 nitrogen and oxygen atoms in total. The molecule has 3 aromatic rings. The molecular weight excluding hydrogens is 423 g/mol. The molecule has 1 fully saturated rings. The Morgan fingerprint density at radius 2 is 1.88 bits per heavy atom. The lowest BCUT2D eigenvalue weighted by molar-refractivity contribution is -0.129. The van der Waals surface area contributed by atoms with Crippen LogP contribution in [0.4, 0.5) is 10.1 Å². The minimum absolute atomic E-state index is 0.0770. The molecule has 0 bridgehead atoms. The molecule has 1 aliphatic rings. The Balaban J connectivity index is 1.72. The van der Waals surface area contributed by atoms with Crippen LogP contribution in [-0.2, 0) is 4.79 Å². The van der Waals surface area contributed by atoms with Crippen molar-refractivity contribution in [2.45, 2.75) is 32.6 Å². The molecule has 0 spiro atoms. The van der Waals surface area contributed by atoms with Crippen molar-refractivity contribution in [1.82, 2.24) is 20.0 Å². The molecule has 33 heavy (non-hydrogen) atoms. The molecule has 0 atom stereocenters. The minimum Gasteiger partial charge on any atom is -0.343 e. The van der Waals surface area contributed by atoms with Gasteiger partial charge in [-0.2, -0.15) is 10.1 Å². The molecule has 170 valence electrons. The quantitative estimate of drug-likeness (QED) is 0.412. The predicted octanol–water partition coefficient (Wildman–Crippen LogP) is 4.34. The highest BCUT2D eigenvalue weighted by Crippen LogP contribution is 2.35. The molecule has 0 saturated carbocycles. The lowest BCUT2D eigenvalue weighted by Gasteiger charge is -2.29. The van der Waals surface area contributed by atoms with Crippen molar-refractivity contribution in [3.8, 4) is 0 Å². The molecule has 1 aromatic carbocycles. The number of likely N-dealkylation sites (tertiary alicyclic amines) is 1. The van der Waals surface area contributed by atoms with E-state index in [9.17, 15) is 9.18 Å². The smallest absolute Gasteiger partial charge is 0.255 e. The predicted molar refractivity (Wildman–Crippen MR) is 124 cm³/mol. The Morgan fingerprint density at radius 3 is 2.52 bits per heavy atom. The van der Waals surface area contributed by atoms with Gasteiger partial charge in [0.05, 0.1) is 5.70 Å². The van der Waals surface area contributed by atoms with Gasteiger partial charge in [-0.3, -0.25) is 9.78 Å². The summed E-state index contributed by atoms with van der Waals surface area (Å²) in [7, 11) is 0. The maximum atomic E-state index is 14.7. The van der Waals surface area contributed by atoms with Gasteiger partial charge in [0.1, 0.15) is 11.5 Å². The van der Waals surface area contributed by atoms with E-state index < -0.39 is 5.82 Å². The van der Waals surface area contributed by atoms with E-state index in [1.54, 1.807) is 49.6 Å². The number of hydrazone groups is 1. The summed E-state index contributed by atoms with van der Waals surface area (Å²) in [4.78, 5) is 22.1. The van der Waals surface area contributed by atoms with Gasteiger partial charge in [0.25, 0.3) is 5.89 Å². The van der Waals surface area contributed by atoms with Crippen LogP contribution in [0, 0.1) is 5.82 Å². The van der Waals surface area contributed by atoms with Gasteiger partial charge in [-0.1, -0.05) is 17.3 Å². The van der Waals surface area contributed by atoms with Gasteiger partial charge in [-0.05, 0) is 44.0 Å². The molecular formula is C24H25FN6O2. The lowest BCUT2D eigenvalue weighted by Crippen LogP contribution is -2.36. The summed E-state index contributed by atoms with van der Waals surface area (Å²) >= 11 is 0. The number of halogens is 1. The number of hydrogen-bond donors (Lipinski definition) is 0. The topological polar surface area (TPSA) is 87.7 Å². The first-order valence-electron chi connectivity index (χ1n) is 10.7. The van der Waals surface area contributed by atoms with E-state index in [0.29, 0.717) is 36.1 Å². The minimum atomic E-state index is -0.437. The molecule has 1 amide bonds. The highest BCUT2D eigenvalue weighted by Gasteiger charge is 2.27. The van der Waals surface area contributed by atoms with Crippen molar-refractivity contribution in [1.29, 1.82) is 0 Å². The third-order valence-electron chi connectivity index (χ3n) is 5.81. The van der Waals surface area contributed by atoms with E-state index in [2.05, 4.69) is 26.9 Å². The number of hydrogen-bond acceptors (Lipinski definition) is 7. The van der Waals surface area contributed by atoms with Crippen LogP contribution in [0.3, 0.4) is 0 Å². The summed E-state index contributed by atoms with van der Waals surface area (Å²) in [6.45, 7) is 8.40. The number of carbonyl (C=O) groups excluding carboxylic acids is 1. The second kappa shape index (κ2) is 9.72. The fourth-order valence-electron chi connectivity index (χ4n) is 4.01. The van der Waals surface area contributed by atoms with Gasteiger partial charge in [-0.15, -0.1) is 0 Å². The van der Waals surface area contributed by atoms with Crippen LogP contribution in [0.15, 0.2) is 58.4 Å². The summed E-state index contributed by atoms with van der Waals surface area (Å²) < 4.78 is 20.3. The highest BCUT2D eigenvalue weighted by atomic mass is 19.1. The van der Waals surface area contributed by atoms with E-state index in [0.717, 1.165) is 18.4 Å². The average Bonchev–Trinajstić information content (AvgIpc) is 3.34. The van der Waals surface area contributed by atoms with E-state index in [-0.39, 0.29) is 17.5 Å². The lowest BCUT2D eigenvalue weighted by atomic mass is 9.96. The number of benzene rings is 1. The van der Waals surface area contributed by atoms with Crippen LogP contribution >= 0.6 is 0 Å². The van der Waals surface area contributed by atoms with Gasteiger partial charge in [-0.25, -0.2) is 9.40 Å². The zero-order valence-electron chi connectivity index (χ0n) is 18.6. The fraction of sp³-hybridized carbons (Fsp3) is 0.292. The van der Waals surface area contributed by atoms with Gasteiger partial charge >= 0.3 is 0 Å². The first kappa shape index (κ1) is 22.3. The molecule has 0 radical (unpaired) electrons. The van der Waals surface area contributed by atoms with Gasteiger partial charge in [0, 0.05) is 56.2 Å². The molecule has 4 rings (SSSR count). The number of pyridine rings is 1. The second-order valence-electron chi connectivity index (χ2n) is 7.85. The zero-order valence-corrected chi connectivity index (χ0v) is 18.6. The maximum absolute atomic E-state index is 14.7. The zero-order chi connectivity index (χ0) is 23.4. The molecule has 9 heteroatoms. The second-order valence-corrected chi connectivity index (χ2v) is 7.85. The van der Waals surface area contributed by atoms with Crippen molar-refractivity contribution < 1.29 is 13.7 Å². The standard InChI is InChI=1S/C24H25FN6O2/c1-16(24-28-23(29-33-24)19-10-14-30(15-11-19)17(2)32)22(18-8-12-27-13-9-18)31(26-3)21-7-5-4-6-20(21)25/h4-9,12-13,19H,3,10-11,14-15H2,1-2H3/b22-16+. The number of anilines is 1. The Labute approximate surface area is 191 Å². The fourth-order valence-corrected chi connectivity index (χ4v) is 4.01. The Bertz CT molecular complexity index is 1170. The van der Waals surface area contributed by atoms with E-state index in [4.69, 9.17) is 4.52 Å². The van der Waals surface area contributed by atoms with Crippen molar-refractivity contribution in [3.63, 3.8) is 0 Å². The number of rotatable bonds is 6. The molecule has 1 saturated heterocycles. The van der Waals surface area contributed by atoms with Crippen LogP contribution in [-0.4, -0.2) is 45.7 Å². The molecule has 3 heterocycles. The number of nitrogens with zero attached hydrogens (tertiary/aromatic N) is 6. The maximum Gasteiger partial charge on any atom is 0.255 e. The normalized spacial score (nSPS) is 15.2. The first-order chi connectivity index (χ1) is 16.0. The molecule has 0 aliphatic carbocycles. The number of carbonyl (C=O) groups is 1. The summed E-state index contributed by atoms with van der Waals surface area (Å²) in [6, 6.07) is 9.93. The van der Waals surface area contributed by atoms with Gasteiger partial charge < -0.3 is 9.42 Å². The van der Waals surface area contributed by atoms with Crippen LogP contribution < -0.4 is 5.01 Å². The van der Waals surface area contributed by atoms with Crippen LogP contribution in [0.25, 0.3) is 11.3 Å². The molecule has 0 N–H and O–H groups in total. The van der Waals surface area contributed by atoms with Crippen molar-refractivity contribution >= 4 is 29.6 Å². The summed E-state index contributed by atoms with van der Waals surface area (Å²) in [5.41, 5.74) is 2.17. The van der Waals surface area contributed by atoms with Crippen LogP contribution in [0.1, 0.15) is 49.9 Å². The SMILES string of the molecule is C=NN(/C(=C(\C)c1nc(C2CCN(C(C)=O)CC2)no1)c1ccncc1)c1ccccc1F. The largest absolute Gasteiger partial charge is 0.343 e. The summed E-state index contributed by atoms with van der Waals surface area (Å²) in [6.07, 6.45) is 4.84. The summed E-state index contributed by atoms with van der Waals surface area (Å²) in [5.74, 6) is 0.665. The van der Waals surface area contributed by atoms with E-state index in [1.807, 2.05) is 11.8 Å². The van der Waals surface area contributed by atoms with E-state index >= 15 is 0 Å². The van der Waals surface area contributed by atoms with Crippen molar-refractivity contribution in [2.24, 2.45) is 5.10 Å².